The first-order valence-electron chi connectivity index (χ1n) is 8.94. The van der Waals surface area contributed by atoms with Gasteiger partial charge >= 0.3 is 0 Å². The van der Waals surface area contributed by atoms with Crippen LogP contribution >= 0.6 is 0 Å². The molecule has 0 aromatic carbocycles. The highest BCUT2D eigenvalue weighted by molar-refractivity contribution is 5.76. The van der Waals surface area contributed by atoms with Gasteiger partial charge in [-0.1, -0.05) is 46.1 Å². The molecule has 1 amide bonds. The second-order valence-electron chi connectivity index (χ2n) is 7.60. The van der Waals surface area contributed by atoms with Gasteiger partial charge in [0, 0.05) is 12.5 Å². The fourth-order valence-corrected chi connectivity index (χ4v) is 4.34. The summed E-state index contributed by atoms with van der Waals surface area (Å²) in [5, 5.41) is 3.26. The Balaban J connectivity index is 1.71. The van der Waals surface area contributed by atoms with Crippen molar-refractivity contribution >= 4 is 5.91 Å². The van der Waals surface area contributed by atoms with Crippen LogP contribution in [0.15, 0.2) is 12.7 Å². The predicted molar refractivity (Wildman–Crippen MR) is 89.0 cm³/mol. The Kier molecular flexibility index (Phi) is 5.51. The molecule has 21 heavy (non-hydrogen) atoms. The number of rotatable bonds is 7. The molecule has 2 heteroatoms. The van der Waals surface area contributed by atoms with Gasteiger partial charge in [0.05, 0.1) is 0 Å². The first-order valence-corrected chi connectivity index (χ1v) is 8.94. The van der Waals surface area contributed by atoms with E-state index in [0.29, 0.717) is 29.7 Å². The van der Waals surface area contributed by atoms with E-state index >= 15 is 0 Å². The zero-order chi connectivity index (χ0) is 15.5. The van der Waals surface area contributed by atoms with Crippen LogP contribution in [0.1, 0.15) is 72.1 Å². The Hall–Kier alpha value is -0.790. The van der Waals surface area contributed by atoms with Crippen molar-refractivity contribution in [1.82, 2.24) is 5.32 Å². The molecule has 1 N–H and O–H groups in total. The summed E-state index contributed by atoms with van der Waals surface area (Å²) in [6, 6.07) is 0.430. The Morgan fingerprint density at radius 1 is 1.48 bits per heavy atom. The van der Waals surface area contributed by atoms with Crippen LogP contribution in [-0.2, 0) is 4.79 Å². The van der Waals surface area contributed by atoms with Crippen LogP contribution in [0.2, 0.25) is 0 Å². The number of hydrogen-bond donors (Lipinski definition) is 1. The van der Waals surface area contributed by atoms with Crippen molar-refractivity contribution in [1.29, 1.82) is 0 Å². The number of carbonyl (C=O) groups excluding carboxylic acids is 1. The van der Waals surface area contributed by atoms with Gasteiger partial charge in [-0.05, 0) is 48.9 Å². The highest BCUT2D eigenvalue weighted by Gasteiger charge is 2.53. The standard InChI is InChI=1S/C19H33NO/c1-5-15(4)19(6-2)13-16(19)10-11-18(21)20-17-9-7-8-14(3)12-17/h6,14-17H,2,5,7-13H2,1,3-4H3,(H,20,21). The van der Waals surface area contributed by atoms with Crippen molar-refractivity contribution in [3.8, 4) is 0 Å². The van der Waals surface area contributed by atoms with E-state index in [9.17, 15) is 4.79 Å². The van der Waals surface area contributed by atoms with E-state index in [1.54, 1.807) is 0 Å². The third kappa shape index (κ3) is 3.90. The average Bonchev–Trinajstić information content (AvgIpc) is 3.19. The van der Waals surface area contributed by atoms with Gasteiger partial charge in [-0.15, -0.1) is 6.58 Å². The molecule has 0 saturated heterocycles. The van der Waals surface area contributed by atoms with Gasteiger partial charge in [-0.25, -0.2) is 0 Å². The van der Waals surface area contributed by atoms with Crippen LogP contribution in [0, 0.1) is 23.2 Å². The minimum absolute atomic E-state index is 0.267. The van der Waals surface area contributed by atoms with Gasteiger partial charge in [0.25, 0.3) is 0 Å². The van der Waals surface area contributed by atoms with Crippen molar-refractivity contribution in [2.45, 2.75) is 78.2 Å². The van der Waals surface area contributed by atoms with Gasteiger partial charge < -0.3 is 5.32 Å². The Bertz CT molecular complexity index is 378. The van der Waals surface area contributed by atoms with Crippen LogP contribution < -0.4 is 5.32 Å². The lowest BCUT2D eigenvalue weighted by atomic mass is 9.85. The van der Waals surface area contributed by atoms with Gasteiger partial charge in [0.1, 0.15) is 0 Å². The number of amides is 1. The fourth-order valence-electron chi connectivity index (χ4n) is 4.34. The normalized spacial score (nSPS) is 36.8. The maximum atomic E-state index is 12.2. The van der Waals surface area contributed by atoms with E-state index in [4.69, 9.17) is 0 Å². The number of allylic oxidation sites excluding steroid dienone is 1. The van der Waals surface area contributed by atoms with E-state index in [2.05, 4.69) is 38.7 Å². The van der Waals surface area contributed by atoms with Crippen LogP contribution in [0.4, 0.5) is 0 Å². The molecular formula is C19H33NO. The van der Waals surface area contributed by atoms with E-state index in [0.717, 1.165) is 12.3 Å². The van der Waals surface area contributed by atoms with Crippen molar-refractivity contribution in [3.05, 3.63) is 12.7 Å². The molecule has 0 aromatic rings. The molecule has 2 saturated carbocycles. The Morgan fingerprint density at radius 3 is 2.86 bits per heavy atom. The van der Waals surface area contributed by atoms with Crippen LogP contribution in [0.5, 0.6) is 0 Å². The minimum atomic E-state index is 0.267. The summed E-state index contributed by atoms with van der Waals surface area (Å²) in [5.41, 5.74) is 0.328. The first kappa shape index (κ1) is 16.6. The minimum Gasteiger partial charge on any atom is -0.353 e. The van der Waals surface area contributed by atoms with Gasteiger partial charge in [0.15, 0.2) is 0 Å². The van der Waals surface area contributed by atoms with E-state index in [1.165, 1.54) is 38.5 Å². The summed E-state index contributed by atoms with van der Waals surface area (Å²) in [6.45, 7) is 10.9. The molecule has 5 atom stereocenters. The smallest absolute Gasteiger partial charge is 0.220 e. The lowest BCUT2D eigenvalue weighted by molar-refractivity contribution is -0.122. The molecule has 2 aliphatic rings. The molecule has 2 rings (SSSR count). The van der Waals surface area contributed by atoms with E-state index in [-0.39, 0.29) is 5.91 Å². The lowest BCUT2D eigenvalue weighted by Crippen LogP contribution is -2.37. The molecule has 0 spiro atoms. The number of nitrogens with one attached hydrogen (secondary N) is 1. The molecule has 0 bridgehead atoms. The zero-order valence-corrected chi connectivity index (χ0v) is 14.2. The van der Waals surface area contributed by atoms with Gasteiger partial charge in [0.2, 0.25) is 5.91 Å². The highest BCUT2D eigenvalue weighted by Crippen LogP contribution is 2.61. The molecule has 2 fully saturated rings. The molecule has 0 heterocycles. The van der Waals surface area contributed by atoms with Crippen LogP contribution in [-0.4, -0.2) is 11.9 Å². The summed E-state index contributed by atoms with van der Waals surface area (Å²) < 4.78 is 0. The molecular weight excluding hydrogens is 258 g/mol. The summed E-state index contributed by atoms with van der Waals surface area (Å²) in [4.78, 5) is 12.2. The van der Waals surface area contributed by atoms with Crippen molar-refractivity contribution < 1.29 is 4.79 Å². The zero-order valence-electron chi connectivity index (χ0n) is 14.2. The maximum absolute atomic E-state index is 12.2. The quantitative estimate of drug-likeness (QED) is 0.677. The second-order valence-corrected chi connectivity index (χ2v) is 7.60. The molecule has 0 aromatic heterocycles. The third-order valence-electron chi connectivity index (χ3n) is 6.13. The van der Waals surface area contributed by atoms with Crippen LogP contribution in [0.25, 0.3) is 0 Å². The van der Waals surface area contributed by atoms with Crippen molar-refractivity contribution in [3.63, 3.8) is 0 Å². The van der Waals surface area contributed by atoms with Crippen LogP contribution in [0.3, 0.4) is 0 Å². The predicted octanol–water partition coefficient (Wildman–Crippen LogP) is 4.70. The summed E-state index contributed by atoms with van der Waals surface area (Å²) in [7, 11) is 0. The second kappa shape index (κ2) is 6.98. The number of carbonyl (C=O) groups is 1. The average molecular weight is 291 g/mol. The molecule has 0 aliphatic heterocycles. The summed E-state index contributed by atoms with van der Waals surface area (Å²) in [6.07, 6.45) is 11.3. The maximum Gasteiger partial charge on any atom is 0.220 e. The first-order chi connectivity index (χ1) is 10.0. The van der Waals surface area contributed by atoms with Crippen molar-refractivity contribution in [2.24, 2.45) is 23.2 Å². The molecule has 0 radical (unpaired) electrons. The molecule has 2 aliphatic carbocycles. The summed E-state index contributed by atoms with van der Waals surface area (Å²) in [5.74, 6) is 2.41. The third-order valence-corrected chi connectivity index (χ3v) is 6.13. The monoisotopic (exact) mass is 291 g/mol. The topological polar surface area (TPSA) is 29.1 Å². The van der Waals surface area contributed by atoms with Gasteiger partial charge in [-0.3, -0.25) is 4.79 Å². The SMILES string of the molecule is C=CC1(C(C)CC)CC1CCC(=O)NC1CCCC(C)C1. The van der Waals surface area contributed by atoms with Crippen molar-refractivity contribution in [2.75, 3.05) is 0 Å². The summed E-state index contributed by atoms with van der Waals surface area (Å²) >= 11 is 0. The van der Waals surface area contributed by atoms with E-state index < -0.39 is 0 Å². The van der Waals surface area contributed by atoms with Gasteiger partial charge in [-0.2, -0.15) is 0 Å². The van der Waals surface area contributed by atoms with E-state index in [1.807, 2.05) is 0 Å². The number of hydrogen-bond acceptors (Lipinski definition) is 1. The fraction of sp³-hybridized carbons (Fsp3) is 0.842. The molecule has 2 nitrogen and oxygen atoms in total. The highest BCUT2D eigenvalue weighted by atomic mass is 16.1. The lowest BCUT2D eigenvalue weighted by Gasteiger charge is -2.27. The molecule has 5 unspecified atom stereocenters. The Morgan fingerprint density at radius 2 is 2.24 bits per heavy atom. The largest absolute Gasteiger partial charge is 0.353 e. The molecule has 120 valence electrons. The Labute approximate surface area is 130 Å².